The van der Waals surface area contributed by atoms with Crippen LogP contribution in [0.25, 0.3) is 0 Å². The molecule has 5 heteroatoms. The first-order chi connectivity index (χ1) is 7.52. The lowest BCUT2D eigenvalue weighted by Crippen LogP contribution is -2.30. The zero-order chi connectivity index (χ0) is 12.1. The van der Waals surface area contributed by atoms with E-state index in [1.807, 2.05) is 6.92 Å². The van der Waals surface area contributed by atoms with E-state index >= 15 is 0 Å². The fraction of sp³-hybridized carbons (Fsp3) is 0.364. The summed E-state index contributed by atoms with van der Waals surface area (Å²) < 4.78 is 0. The zero-order valence-electron chi connectivity index (χ0n) is 9.43. The minimum atomic E-state index is -0.0538. The van der Waals surface area contributed by atoms with Crippen molar-refractivity contribution >= 4 is 23.1 Å². The molecule has 0 saturated carbocycles. The molecule has 1 aromatic rings. The molecule has 1 aromatic heterocycles. The van der Waals surface area contributed by atoms with Crippen LogP contribution in [0.2, 0.25) is 0 Å². The van der Waals surface area contributed by atoms with Gasteiger partial charge in [0.15, 0.2) is 0 Å². The molecular weight excluding hydrogens is 222 g/mol. The Morgan fingerprint density at radius 3 is 2.88 bits per heavy atom. The summed E-state index contributed by atoms with van der Waals surface area (Å²) >= 11 is 4.77. The summed E-state index contributed by atoms with van der Waals surface area (Å²) in [7, 11) is 1.73. The van der Waals surface area contributed by atoms with Crippen LogP contribution >= 0.6 is 12.2 Å². The van der Waals surface area contributed by atoms with E-state index in [1.54, 1.807) is 30.3 Å². The van der Waals surface area contributed by atoms with Crippen LogP contribution in [0.15, 0.2) is 18.3 Å². The van der Waals surface area contributed by atoms with Crippen LogP contribution in [0.4, 0.5) is 0 Å². The SMILES string of the molecule is Cc1ncccc1C(=O)N(C)CCC(N)=S. The number of nitrogens with two attached hydrogens (primary N) is 1. The van der Waals surface area contributed by atoms with Crippen molar-refractivity contribution in [2.75, 3.05) is 13.6 Å². The maximum Gasteiger partial charge on any atom is 0.255 e. The van der Waals surface area contributed by atoms with Crippen molar-refractivity contribution in [3.05, 3.63) is 29.6 Å². The number of nitrogens with zero attached hydrogens (tertiary/aromatic N) is 2. The van der Waals surface area contributed by atoms with E-state index in [0.29, 0.717) is 23.5 Å². The van der Waals surface area contributed by atoms with Gasteiger partial charge < -0.3 is 10.6 Å². The molecule has 16 heavy (non-hydrogen) atoms. The molecule has 0 unspecified atom stereocenters. The molecule has 0 fully saturated rings. The van der Waals surface area contributed by atoms with Gasteiger partial charge in [0.2, 0.25) is 0 Å². The number of pyridine rings is 1. The minimum Gasteiger partial charge on any atom is -0.393 e. The fourth-order valence-corrected chi connectivity index (χ4v) is 1.39. The third-order valence-electron chi connectivity index (χ3n) is 2.28. The predicted octanol–water partition coefficient (Wildman–Crippen LogP) is 1.14. The highest BCUT2D eigenvalue weighted by molar-refractivity contribution is 7.80. The second kappa shape index (κ2) is 5.55. The number of hydrogen-bond donors (Lipinski definition) is 1. The van der Waals surface area contributed by atoms with Crippen LogP contribution < -0.4 is 5.73 Å². The normalized spacial score (nSPS) is 9.88. The molecule has 0 aromatic carbocycles. The molecule has 0 atom stereocenters. The first-order valence-electron chi connectivity index (χ1n) is 4.97. The molecule has 4 nitrogen and oxygen atoms in total. The molecule has 0 saturated heterocycles. The zero-order valence-corrected chi connectivity index (χ0v) is 10.3. The Balaban J connectivity index is 2.71. The maximum absolute atomic E-state index is 12.0. The molecule has 86 valence electrons. The Morgan fingerprint density at radius 1 is 1.62 bits per heavy atom. The van der Waals surface area contributed by atoms with E-state index in [9.17, 15) is 4.79 Å². The molecule has 1 amide bonds. The third kappa shape index (κ3) is 3.27. The van der Waals surface area contributed by atoms with Gasteiger partial charge in [-0.05, 0) is 19.1 Å². The van der Waals surface area contributed by atoms with Gasteiger partial charge in [-0.1, -0.05) is 12.2 Å². The molecule has 1 rings (SSSR count). The monoisotopic (exact) mass is 237 g/mol. The van der Waals surface area contributed by atoms with Crippen LogP contribution in [-0.4, -0.2) is 34.4 Å². The van der Waals surface area contributed by atoms with Gasteiger partial charge in [-0.3, -0.25) is 9.78 Å². The van der Waals surface area contributed by atoms with Crippen LogP contribution in [0.1, 0.15) is 22.5 Å². The van der Waals surface area contributed by atoms with E-state index in [0.717, 1.165) is 5.69 Å². The molecule has 0 bridgehead atoms. The Hall–Kier alpha value is -1.49. The largest absolute Gasteiger partial charge is 0.393 e. The highest BCUT2D eigenvalue weighted by Gasteiger charge is 2.13. The molecule has 1 heterocycles. The lowest BCUT2D eigenvalue weighted by atomic mass is 10.2. The lowest BCUT2D eigenvalue weighted by molar-refractivity contribution is 0.0798. The van der Waals surface area contributed by atoms with Crippen molar-refractivity contribution in [2.24, 2.45) is 5.73 Å². The van der Waals surface area contributed by atoms with Crippen molar-refractivity contribution in [2.45, 2.75) is 13.3 Å². The van der Waals surface area contributed by atoms with Crippen LogP contribution in [-0.2, 0) is 0 Å². The predicted molar refractivity (Wildman–Crippen MR) is 67.3 cm³/mol. The number of rotatable bonds is 4. The standard InChI is InChI=1S/C11H15N3OS/c1-8-9(4-3-6-13-8)11(15)14(2)7-5-10(12)16/h3-4,6H,5,7H2,1-2H3,(H2,12,16). The minimum absolute atomic E-state index is 0.0538. The van der Waals surface area contributed by atoms with Crippen LogP contribution in [0, 0.1) is 6.92 Å². The van der Waals surface area contributed by atoms with Crippen molar-refractivity contribution in [3.8, 4) is 0 Å². The van der Waals surface area contributed by atoms with E-state index < -0.39 is 0 Å². The van der Waals surface area contributed by atoms with Gasteiger partial charge in [0.25, 0.3) is 5.91 Å². The topological polar surface area (TPSA) is 59.2 Å². The molecule has 0 aliphatic carbocycles. The maximum atomic E-state index is 12.0. The second-order valence-electron chi connectivity index (χ2n) is 3.58. The van der Waals surface area contributed by atoms with Gasteiger partial charge in [-0.25, -0.2) is 0 Å². The molecule has 0 aliphatic heterocycles. The summed E-state index contributed by atoms with van der Waals surface area (Å²) in [6.07, 6.45) is 2.21. The van der Waals surface area contributed by atoms with Crippen molar-refractivity contribution in [1.82, 2.24) is 9.88 Å². The fourth-order valence-electron chi connectivity index (χ4n) is 1.30. The smallest absolute Gasteiger partial charge is 0.255 e. The highest BCUT2D eigenvalue weighted by atomic mass is 32.1. The number of thiocarbonyl (C=S) groups is 1. The average molecular weight is 237 g/mol. The number of aryl methyl sites for hydroxylation is 1. The van der Waals surface area contributed by atoms with Crippen molar-refractivity contribution < 1.29 is 4.79 Å². The van der Waals surface area contributed by atoms with Gasteiger partial charge in [0.05, 0.1) is 10.6 Å². The van der Waals surface area contributed by atoms with Crippen LogP contribution in [0.3, 0.4) is 0 Å². The van der Waals surface area contributed by atoms with E-state index in [2.05, 4.69) is 4.98 Å². The second-order valence-corrected chi connectivity index (χ2v) is 4.10. The van der Waals surface area contributed by atoms with E-state index in [4.69, 9.17) is 18.0 Å². The lowest BCUT2D eigenvalue weighted by Gasteiger charge is -2.17. The quantitative estimate of drug-likeness (QED) is 0.798. The number of aromatic nitrogens is 1. The number of carbonyl (C=O) groups excluding carboxylic acids is 1. The molecular formula is C11H15N3OS. The Morgan fingerprint density at radius 2 is 2.31 bits per heavy atom. The first kappa shape index (κ1) is 12.6. The van der Waals surface area contributed by atoms with E-state index in [-0.39, 0.29) is 5.91 Å². The summed E-state index contributed by atoms with van der Waals surface area (Å²) in [5.41, 5.74) is 6.74. The summed E-state index contributed by atoms with van der Waals surface area (Å²) in [4.78, 5) is 18.1. The highest BCUT2D eigenvalue weighted by Crippen LogP contribution is 2.07. The molecule has 2 N–H and O–H groups in total. The molecule has 0 aliphatic rings. The first-order valence-corrected chi connectivity index (χ1v) is 5.38. The Bertz CT molecular complexity index is 406. The van der Waals surface area contributed by atoms with Gasteiger partial charge in [0, 0.05) is 31.9 Å². The Labute approximate surface area is 100 Å². The van der Waals surface area contributed by atoms with Crippen molar-refractivity contribution in [3.63, 3.8) is 0 Å². The summed E-state index contributed by atoms with van der Waals surface area (Å²) in [6.45, 7) is 2.34. The van der Waals surface area contributed by atoms with Gasteiger partial charge in [-0.15, -0.1) is 0 Å². The molecule has 0 spiro atoms. The van der Waals surface area contributed by atoms with Gasteiger partial charge >= 0.3 is 0 Å². The number of carbonyl (C=O) groups is 1. The molecule has 0 radical (unpaired) electrons. The van der Waals surface area contributed by atoms with Gasteiger partial charge in [0.1, 0.15) is 0 Å². The average Bonchev–Trinajstić information content (AvgIpc) is 2.25. The van der Waals surface area contributed by atoms with E-state index in [1.165, 1.54) is 0 Å². The number of amides is 1. The van der Waals surface area contributed by atoms with Crippen molar-refractivity contribution in [1.29, 1.82) is 0 Å². The third-order valence-corrected chi connectivity index (χ3v) is 2.48. The summed E-state index contributed by atoms with van der Waals surface area (Å²) in [5, 5.41) is 0. The summed E-state index contributed by atoms with van der Waals surface area (Å²) in [5.74, 6) is -0.0538. The summed E-state index contributed by atoms with van der Waals surface area (Å²) in [6, 6.07) is 3.52. The number of hydrogen-bond acceptors (Lipinski definition) is 3. The van der Waals surface area contributed by atoms with Crippen LogP contribution in [0.5, 0.6) is 0 Å². The Kier molecular flexibility index (Phi) is 4.37. The van der Waals surface area contributed by atoms with Gasteiger partial charge in [-0.2, -0.15) is 0 Å².